The van der Waals surface area contributed by atoms with E-state index in [1.54, 1.807) is 0 Å². The minimum atomic E-state index is -0.227. The van der Waals surface area contributed by atoms with Gasteiger partial charge in [0.1, 0.15) is 0 Å². The summed E-state index contributed by atoms with van der Waals surface area (Å²) in [5, 5.41) is 20.3. The van der Waals surface area contributed by atoms with Crippen LogP contribution in [0.15, 0.2) is 0 Å². The summed E-state index contributed by atoms with van der Waals surface area (Å²) >= 11 is 0. The molecule has 6 unspecified atom stereocenters. The molecule has 0 heterocycles. The number of aliphatic hydroxyl groups excluding tert-OH is 2. The molecule has 4 aliphatic carbocycles. The molecule has 4 bridgehead atoms. The van der Waals surface area contributed by atoms with E-state index in [4.69, 9.17) is 0 Å². The molecule has 2 heteroatoms. The Labute approximate surface area is 85.3 Å². The maximum absolute atomic E-state index is 10.3. The fourth-order valence-electron chi connectivity index (χ4n) is 4.60. The molecule has 4 fully saturated rings. The normalized spacial score (nSPS) is 60.6. The van der Waals surface area contributed by atoms with Crippen LogP contribution in [0, 0.1) is 23.2 Å². The SMILES string of the molecule is CCC12CC3CC(C1)C(O)C(C3)C2O. The van der Waals surface area contributed by atoms with E-state index >= 15 is 0 Å². The smallest absolute Gasteiger partial charge is 0.0649 e. The summed E-state index contributed by atoms with van der Waals surface area (Å²) in [6.07, 6.45) is 5.22. The summed E-state index contributed by atoms with van der Waals surface area (Å²) in [5.74, 6) is 1.49. The molecule has 0 aromatic carbocycles. The van der Waals surface area contributed by atoms with Gasteiger partial charge in [0.15, 0.2) is 0 Å². The summed E-state index contributed by atoms with van der Waals surface area (Å²) in [6, 6.07) is 0. The Morgan fingerprint density at radius 3 is 2.71 bits per heavy atom. The standard InChI is InChI=1S/C12H20O2/c1-2-12-5-7-3-8(6-12)10(13)9(4-7)11(12)14/h7-11,13-14H,2-6H2,1H3. The van der Waals surface area contributed by atoms with E-state index in [2.05, 4.69) is 6.92 Å². The summed E-state index contributed by atoms with van der Waals surface area (Å²) < 4.78 is 0. The Kier molecular flexibility index (Phi) is 1.79. The number of hydrogen-bond acceptors (Lipinski definition) is 2. The van der Waals surface area contributed by atoms with E-state index in [1.165, 1.54) is 12.8 Å². The first-order valence-electron chi connectivity index (χ1n) is 6.02. The Hall–Kier alpha value is -0.0800. The van der Waals surface area contributed by atoms with Crippen molar-refractivity contribution in [1.82, 2.24) is 0 Å². The van der Waals surface area contributed by atoms with Crippen molar-refractivity contribution >= 4 is 0 Å². The Bertz CT molecular complexity index is 253. The molecule has 0 aliphatic heterocycles. The van der Waals surface area contributed by atoms with Crippen molar-refractivity contribution in [3.8, 4) is 0 Å². The van der Waals surface area contributed by atoms with Gasteiger partial charge in [0.05, 0.1) is 12.2 Å². The highest BCUT2D eigenvalue weighted by molar-refractivity contribution is 5.09. The van der Waals surface area contributed by atoms with Gasteiger partial charge in [0.25, 0.3) is 0 Å². The molecule has 0 aromatic rings. The van der Waals surface area contributed by atoms with Gasteiger partial charge >= 0.3 is 0 Å². The summed E-state index contributed by atoms with van der Waals surface area (Å²) in [5.41, 5.74) is 0.176. The highest BCUT2D eigenvalue weighted by Gasteiger charge is 2.59. The Morgan fingerprint density at radius 2 is 2.00 bits per heavy atom. The van der Waals surface area contributed by atoms with Crippen LogP contribution in [0.5, 0.6) is 0 Å². The van der Waals surface area contributed by atoms with E-state index in [-0.39, 0.29) is 23.5 Å². The monoisotopic (exact) mass is 196 g/mol. The van der Waals surface area contributed by atoms with Gasteiger partial charge in [-0.3, -0.25) is 0 Å². The third-order valence-electron chi connectivity index (χ3n) is 5.26. The Morgan fingerprint density at radius 1 is 1.21 bits per heavy atom. The van der Waals surface area contributed by atoms with Gasteiger partial charge in [-0.25, -0.2) is 0 Å². The molecule has 0 aromatic heterocycles. The minimum Gasteiger partial charge on any atom is -0.392 e. The van der Waals surface area contributed by atoms with Crippen molar-refractivity contribution < 1.29 is 10.2 Å². The molecule has 0 amide bonds. The first-order valence-corrected chi connectivity index (χ1v) is 6.02. The molecule has 14 heavy (non-hydrogen) atoms. The maximum atomic E-state index is 10.3. The second-order valence-electron chi connectivity index (χ2n) is 5.82. The van der Waals surface area contributed by atoms with Crippen LogP contribution in [0.25, 0.3) is 0 Å². The molecule has 2 N–H and O–H groups in total. The van der Waals surface area contributed by atoms with Crippen molar-refractivity contribution in [2.75, 3.05) is 0 Å². The van der Waals surface area contributed by atoms with Crippen molar-refractivity contribution in [3.63, 3.8) is 0 Å². The Balaban J connectivity index is 1.97. The lowest BCUT2D eigenvalue weighted by atomic mass is 9.46. The molecular weight excluding hydrogens is 176 g/mol. The minimum absolute atomic E-state index is 0.176. The van der Waals surface area contributed by atoms with Gasteiger partial charge < -0.3 is 10.2 Å². The van der Waals surface area contributed by atoms with Gasteiger partial charge in [0, 0.05) is 5.92 Å². The molecule has 0 radical (unpaired) electrons. The van der Waals surface area contributed by atoms with E-state index in [1.807, 2.05) is 0 Å². The number of aliphatic hydroxyl groups is 2. The van der Waals surface area contributed by atoms with Gasteiger partial charge in [-0.1, -0.05) is 6.92 Å². The molecule has 4 aliphatic rings. The lowest BCUT2D eigenvalue weighted by Crippen LogP contribution is -2.61. The second kappa shape index (κ2) is 2.73. The number of hydrogen-bond donors (Lipinski definition) is 2. The molecular formula is C12H20O2. The maximum Gasteiger partial charge on any atom is 0.0649 e. The predicted octanol–water partition coefficient (Wildman–Crippen LogP) is 1.55. The van der Waals surface area contributed by atoms with Crippen molar-refractivity contribution in [1.29, 1.82) is 0 Å². The quantitative estimate of drug-likeness (QED) is 0.668. The van der Waals surface area contributed by atoms with E-state index in [9.17, 15) is 10.2 Å². The van der Waals surface area contributed by atoms with Crippen LogP contribution < -0.4 is 0 Å². The van der Waals surface area contributed by atoms with Crippen molar-refractivity contribution in [3.05, 3.63) is 0 Å². The summed E-state index contributed by atoms with van der Waals surface area (Å²) in [4.78, 5) is 0. The highest BCUT2D eigenvalue weighted by atomic mass is 16.3. The zero-order valence-corrected chi connectivity index (χ0v) is 8.82. The predicted molar refractivity (Wildman–Crippen MR) is 53.7 cm³/mol. The van der Waals surface area contributed by atoms with E-state index in [0.29, 0.717) is 5.92 Å². The van der Waals surface area contributed by atoms with Crippen molar-refractivity contribution in [2.24, 2.45) is 23.2 Å². The van der Waals surface area contributed by atoms with E-state index in [0.717, 1.165) is 25.2 Å². The van der Waals surface area contributed by atoms with Gasteiger partial charge in [0.2, 0.25) is 0 Å². The van der Waals surface area contributed by atoms with Crippen LogP contribution in [0.4, 0.5) is 0 Å². The molecule has 0 saturated heterocycles. The van der Waals surface area contributed by atoms with Crippen LogP contribution in [-0.2, 0) is 0 Å². The summed E-state index contributed by atoms with van der Waals surface area (Å²) in [6.45, 7) is 2.20. The zero-order valence-electron chi connectivity index (χ0n) is 8.82. The summed E-state index contributed by atoms with van der Waals surface area (Å²) in [7, 11) is 0. The fourth-order valence-corrected chi connectivity index (χ4v) is 4.60. The first kappa shape index (κ1) is 9.17. The van der Waals surface area contributed by atoms with Gasteiger partial charge in [-0.15, -0.1) is 0 Å². The second-order valence-corrected chi connectivity index (χ2v) is 5.82. The van der Waals surface area contributed by atoms with Crippen LogP contribution in [-0.4, -0.2) is 22.4 Å². The third kappa shape index (κ3) is 0.938. The molecule has 80 valence electrons. The zero-order chi connectivity index (χ0) is 9.92. The first-order chi connectivity index (χ1) is 6.66. The van der Waals surface area contributed by atoms with E-state index < -0.39 is 0 Å². The fraction of sp³-hybridized carbons (Fsp3) is 1.00. The lowest BCUT2D eigenvalue weighted by molar-refractivity contribution is -0.207. The molecule has 4 saturated carbocycles. The molecule has 2 nitrogen and oxygen atoms in total. The van der Waals surface area contributed by atoms with Crippen LogP contribution >= 0.6 is 0 Å². The largest absolute Gasteiger partial charge is 0.392 e. The van der Waals surface area contributed by atoms with Crippen molar-refractivity contribution in [2.45, 2.75) is 51.2 Å². The van der Waals surface area contributed by atoms with Gasteiger partial charge in [-0.2, -0.15) is 0 Å². The van der Waals surface area contributed by atoms with Crippen LogP contribution in [0.3, 0.4) is 0 Å². The average Bonchev–Trinajstić information content (AvgIpc) is 2.20. The molecule has 4 rings (SSSR count). The van der Waals surface area contributed by atoms with Crippen LogP contribution in [0.2, 0.25) is 0 Å². The number of rotatable bonds is 1. The lowest BCUT2D eigenvalue weighted by Gasteiger charge is -2.61. The molecule has 0 spiro atoms. The van der Waals surface area contributed by atoms with Crippen LogP contribution in [0.1, 0.15) is 39.0 Å². The third-order valence-corrected chi connectivity index (χ3v) is 5.26. The topological polar surface area (TPSA) is 40.5 Å². The average molecular weight is 196 g/mol. The van der Waals surface area contributed by atoms with Gasteiger partial charge in [-0.05, 0) is 49.4 Å². The molecule has 6 atom stereocenters. The highest BCUT2D eigenvalue weighted by Crippen LogP contribution is 2.61.